The van der Waals surface area contributed by atoms with Crippen molar-refractivity contribution in [3.05, 3.63) is 41.2 Å². The quantitative estimate of drug-likeness (QED) is 0.568. The summed E-state index contributed by atoms with van der Waals surface area (Å²) in [4.78, 5) is 3.33. The van der Waals surface area contributed by atoms with Crippen molar-refractivity contribution >= 4 is 13.3 Å². The summed E-state index contributed by atoms with van der Waals surface area (Å²) in [5.41, 5.74) is 1.32. The monoisotopic (exact) mass is 253 g/mol. The molecule has 0 aliphatic carbocycles. The van der Waals surface area contributed by atoms with Crippen molar-refractivity contribution in [3.63, 3.8) is 0 Å². The lowest BCUT2D eigenvalue weighted by Crippen LogP contribution is -1.98. The maximum atomic E-state index is 12.3. The molecule has 0 amide bonds. The molecule has 0 aliphatic rings. The number of rotatable bonds is 6. The van der Waals surface area contributed by atoms with E-state index in [1.54, 1.807) is 32.0 Å². The molecule has 0 aliphatic heterocycles. The van der Waals surface area contributed by atoms with Gasteiger partial charge in [-0.2, -0.15) is 0 Å². The van der Waals surface area contributed by atoms with Crippen LogP contribution in [0.25, 0.3) is 4.85 Å². The van der Waals surface area contributed by atoms with E-state index in [9.17, 15) is 4.57 Å². The van der Waals surface area contributed by atoms with Crippen molar-refractivity contribution < 1.29 is 13.6 Å². The highest BCUT2D eigenvalue weighted by atomic mass is 31.2. The van der Waals surface area contributed by atoms with Crippen LogP contribution in [0.2, 0.25) is 0 Å². The van der Waals surface area contributed by atoms with Crippen molar-refractivity contribution in [2.45, 2.75) is 20.0 Å². The first-order valence-corrected chi connectivity index (χ1v) is 7.21. The van der Waals surface area contributed by atoms with Crippen LogP contribution in [0.5, 0.6) is 0 Å². The van der Waals surface area contributed by atoms with E-state index in [1.165, 1.54) is 0 Å². The normalized spacial score (nSPS) is 11.1. The molecule has 0 fully saturated rings. The summed E-state index contributed by atoms with van der Waals surface area (Å²) < 4.78 is 22.7. The Bertz CT molecular complexity index is 443. The zero-order valence-corrected chi connectivity index (χ0v) is 10.9. The molecule has 0 N–H and O–H groups in total. The van der Waals surface area contributed by atoms with Gasteiger partial charge in [0, 0.05) is 0 Å². The van der Waals surface area contributed by atoms with Crippen molar-refractivity contribution in [1.82, 2.24) is 0 Å². The van der Waals surface area contributed by atoms with Gasteiger partial charge < -0.3 is 9.05 Å². The molecule has 1 aromatic rings. The minimum absolute atomic E-state index is 0.206. The van der Waals surface area contributed by atoms with Gasteiger partial charge in [0.25, 0.3) is 0 Å². The average Bonchev–Trinajstić information content (AvgIpc) is 2.29. The Morgan fingerprint density at radius 1 is 1.29 bits per heavy atom. The summed E-state index contributed by atoms with van der Waals surface area (Å²) >= 11 is 0. The van der Waals surface area contributed by atoms with Gasteiger partial charge in [-0.25, -0.2) is 4.85 Å². The smallest absolute Gasteiger partial charge is 0.309 e. The highest BCUT2D eigenvalue weighted by Gasteiger charge is 2.23. The molecular weight excluding hydrogens is 237 g/mol. The SMILES string of the molecule is [C-]#[N+]c1cccc(CP(=O)(OCC)OCC)c1. The molecule has 1 rings (SSSR count). The van der Waals surface area contributed by atoms with Crippen molar-refractivity contribution in [1.29, 1.82) is 0 Å². The molecule has 1 aromatic carbocycles. The van der Waals surface area contributed by atoms with Crippen LogP contribution in [0.4, 0.5) is 5.69 Å². The predicted molar refractivity (Wildman–Crippen MR) is 67.3 cm³/mol. The van der Waals surface area contributed by atoms with Crippen LogP contribution in [0.3, 0.4) is 0 Å². The second-order valence-electron chi connectivity index (χ2n) is 3.39. The Balaban J connectivity index is 2.86. The Kier molecular flexibility index (Phi) is 5.37. The lowest BCUT2D eigenvalue weighted by molar-refractivity contribution is 0.219. The zero-order chi connectivity index (χ0) is 12.7. The van der Waals surface area contributed by atoms with Gasteiger partial charge in [-0.1, -0.05) is 24.3 Å². The van der Waals surface area contributed by atoms with Gasteiger partial charge in [0.05, 0.1) is 25.9 Å². The molecule has 4 nitrogen and oxygen atoms in total. The first-order valence-electron chi connectivity index (χ1n) is 5.48. The maximum Gasteiger partial charge on any atom is 0.334 e. The molecule has 0 saturated heterocycles. The van der Waals surface area contributed by atoms with E-state index in [1.807, 2.05) is 6.07 Å². The second kappa shape index (κ2) is 6.56. The van der Waals surface area contributed by atoms with E-state index >= 15 is 0 Å². The fourth-order valence-electron chi connectivity index (χ4n) is 1.47. The van der Waals surface area contributed by atoms with Gasteiger partial charge in [-0.05, 0) is 19.4 Å². The predicted octanol–water partition coefficient (Wildman–Crippen LogP) is 4.00. The Morgan fingerprint density at radius 2 is 1.94 bits per heavy atom. The lowest BCUT2D eigenvalue weighted by atomic mass is 10.2. The Hall–Kier alpha value is -1.14. The number of nitrogens with zero attached hydrogens (tertiary/aromatic N) is 1. The summed E-state index contributed by atoms with van der Waals surface area (Å²) in [5.74, 6) is 0. The highest BCUT2D eigenvalue weighted by Crippen LogP contribution is 2.51. The van der Waals surface area contributed by atoms with E-state index in [-0.39, 0.29) is 6.16 Å². The number of hydrogen-bond donors (Lipinski definition) is 0. The fourth-order valence-corrected chi connectivity index (χ4v) is 3.16. The molecule has 0 heterocycles. The first kappa shape index (κ1) is 13.9. The van der Waals surface area contributed by atoms with Crippen LogP contribution in [0, 0.1) is 6.57 Å². The second-order valence-corrected chi connectivity index (χ2v) is 5.44. The van der Waals surface area contributed by atoms with Crippen molar-refractivity contribution in [2.24, 2.45) is 0 Å². The minimum Gasteiger partial charge on any atom is -0.309 e. The summed E-state index contributed by atoms with van der Waals surface area (Å²) in [6.45, 7) is 11.2. The Morgan fingerprint density at radius 3 is 2.47 bits per heavy atom. The van der Waals surface area contributed by atoms with Crippen LogP contribution in [0.15, 0.2) is 24.3 Å². The molecule has 0 atom stereocenters. The molecule has 0 radical (unpaired) electrons. The molecule has 0 aromatic heterocycles. The molecular formula is C12H16NO3P. The molecule has 17 heavy (non-hydrogen) atoms. The average molecular weight is 253 g/mol. The summed E-state index contributed by atoms with van der Waals surface area (Å²) in [6, 6.07) is 7.00. The third-order valence-electron chi connectivity index (χ3n) is 2.07. The van der Waals surface area contributed by atoms with Crippen molar-refractivity contribution in [3.8, 4) is 0 Å². The van der Waals surface area contributed by atoms with Crippen LogP contribution < -0.4 is 0 Å². The van der Waals surface area contributed by atoms with Gasteiger partial charge >= 0.3 is 7.60 Å². The Labute approximate surface area is 102 Å². The number of hydrogen-bond acceptors (Lipinski definition) is 3. The van der Waals surface area contributed by atoms with Crippen molar-refractivity contribution in [2.75, 3.05) is 13.2 Å². The van der Waals surface area contributed by atoms with Gasteiger partial charge in [-0.3, -0.25) is 4.57 Å². The van der Waals surface area contributed by atoms with Crippen LogP contribution >= 0.6 is 7.60 Å². The third kappa shape index (κ3) is 4.32. The first-order chi connectivity index (χ1) is 8.13. The minimum atomic E-state index is -3.07. The summed E-state index contributed by atoms with van der Waals surface area (Å²) in [5, 5.41) is 0. The van der Waals surface area contributed by atoms with Gasteiger partial charge in [0.15, 0.2) is 5.69 Å². The number of benzene rings is 1. The van der Waals surface area contributed by atoms with Gasteiger partial charge in [-0.15, -0.1) is 0 Å². The van der Waals surface area contributed by atoms with E-state index in [2.05, 4.69) is 4.85 Å². The van der Waals surface area contributed by atoms with Gasteiger partial charge in [0.1, 0.15) is 0 Å². The molecule has 0 spiro atoms. The zero-order valence-electron chi connectivity index (χ0n) is 10.0. The molecule has 0 saturated carbocycles. The van der Waals surface area contributed by atoms with Gasteiger partial charge in [0.2, 0.25) is 0 Å². The summed E-state index contributed by atoms with van der Waals surface area (Å²) in [6.07, 6.45) is 0.206. The molecule has 0 bridgehead atoms. The van der Waals surface area contributed by atoms with E-state index in [4.69, 9.17) is 15.6 Å². The van der Waals surface area contributed by atoms with Crippen LogP contribution in [-0.2, 0) is 19.8 Å². The molecule has 5 heteroatoms. The standard InChI is InChI=1S/C12H16NO3P/c1-4-15-17(14,16-5-2)10-11-7-6-8-12(9-11)13-3/h6-9H,4-5,10H2,1-2H3. The third-order valence-corrected chi connectivity index (χ3v) is 4.12. The molecule has 0 unspecified atom stereocenters. The summed E-state index contributed by atoms with van der Waals surface area (Å²) in [7, 11) is -3.07. The van der Waals surface area contributed by atoms with E-state index in [0.29, 0.717) is 18.9 Å². The fraction of sp³-hybridized carbons (Fsp3) is 0.417. The van der Waals surface area contributed by atoms with E-state index < -0.39 is 7.60 Å². The maximum absolute atomic E-state index is 12.3. The topological polar surface area (TPSA) is 39.9 Å². The van der Waals surface area contributed by atoms with E-state index in [0.717, 1.165) is 5.56 Å². The molecule has 92 valence electrons. The lowest BCUT2D eigenvalue weighted by Gasteiger charge is -2.17. The largest absolute Gasteiger partial charge is 0.334 e. The van der Waals surface area contributed by atoms with Crippen LogP contribution in [-0.4, -0.2) is 13.2 Å². The van der Waals surface area contributed by atoms with Crippen LogP contribution in [0.1, 0.15) is 19.4 Å². The highest BCUT2D eigenvalue weighted by molar-refractivity contribution is 7.53.